The fourth-order valence-electron chi connectivity index (χ4n) is 3.75. The van der Waals surface area contributed by atoms with E-state index in [1.54, 1.807) is 0 Å². The number of amides is 1. The van der Waals surface area contributed by atoms with E-state index in [1.807, 2.05) is 36.1 Å². The SMILES string of the molecule is Cn1nccc1CN1CCC(N2Cc3ccccc3C2=O)CC1. The van der Waals surface area contributed by atoms with E-state index in [-0.39, 0.29) is 5.91 Å². The third kappa shape index (κ3) is 2.65. The van der Waals surface area contributed by atoms with Crippen LogP contribution in [0.5, 0.6) is 0 Å². The Morgan fingerprint density at radius 2 is 1.96 bits per heavy atom. The fourth-order valence-corrected chi connectivity index (χ4v) is 3.75. The zero-order valence-electron chi connectivity index (χ0n) is 13.5. The molecule has 2 aliphatic heterocycles. The molecule has 2 aromatic rings. The van der Waals surface area contributed by atoms with E-state index in [0.29, 0.717) is 6.04 Å². The molecule has 0 atom stereocenters. The number of piperidine rings is 1. The number of carbonyl (C=O) groups is 1. The summed E-state index contributed by atoms with van der Waals surface area (Å²) in [6.07, 6.45) is 3.96. The number of rotatable bonds is 3. The molecule has 2 aliphatic rings. The molecule has 1 aromatic heterocycles. The highest BCUT2D eigenvalue weighted by Crippen LogP contribution is 2.28. The van der Waals surface area contributed by atoms with Gasteiger partial charge in [0.15, 0.2) is 0 Å². The van der Waals surface area contributed by atoms with Crippen molar-refractivity contribution in [1.82, 2.24) is 19.6 Å². The quantitative estimate of drug-likeness (QED) is 0.871. The van der Waals surface area contributed by atoms with Crippen molar-refractivity contribution in [1.29, 1.82) is 0 Å². The summed E-state index contributed by atoms with van der Waals surface area (Å²) in [6, 6.07) is 10.5. The zero-order chi connectivity index (χ0) is 15.8. The first-order valence-corrected chi connectivity index (χ1v) is 8.30. The van der Waals surface area contributed by atoms with E-state index < -0.39 is 0 Å². The van der Waals surface area contributed by atoms with Crippen LogP contribution < -0.4 is 0 Å². The third-order valence-corrected chi connectivity index (χ3v) is 5.16. The van der Waals surface area contributed by atoms with E-state index in [2.05, 4.69) is 27.0 Å². The molecule has 1 aromatic carbocycles. The number of carbonyl (C=O) groups excluding carboxylic acids is 1. The van der Waals surface area contributed by atoms with Crippen LogP contribution in [0.25, 0.3) is 0 Å². The van der Waals surface area contributed by atoms with E-state index in [9.17, 15) is 4.79 Å². The first kappa shape index (κ1) is 14.5. The lowest BCUT2D eigenvalue weighted by atomic mass is 10.0. The van der Waals surface area contributed by atoms with Crippen LogP contribution in [0.3, 0.4) is 0 Å². The normalized spacial score (nSPS) is 19.3. The molecule has 5 nitrogen and oxygen atoms in total. The molecule has 1 fully saturated rings. The van der Waals surface area contributed by atoms with Crippen LogP contribution in [0, 0.1) is 0 Å². The molecule has 5 heteroatoms. The van der Waals surface area contributed by atoms with Crippen molar-refractivity contribution in [3.05, 3.63) is 53.3 Å². The maximum Gasteiger partial charge on any atom is 0.254 e. The highest BCUT2D eigenvalue weighted by Gasteiger charge is 2.34. The molecule has 1 amide bonds. The molecule has 0 N–H and O–H groups in total. The van der Waals surface area contributed by atoms with Crippen molar-refractivity contribution >= 4 is 5.91 Å². The number of aromatic nitrogens is 2. The van der Waals surface area contributed by atoms with Gasteiger partial charge in [0, 0.05) is 51.0 Å². The van der Waals surface area contributed by atoms with E-state index in [0.717, 1.165) is 44.6 Å². The second-order valence-corrected chi connectivity index (χ2v) is 6.54. The third-order valence-electron chi connectivity index (χ3n) is 5.16. The monoisotopic (exact) mass is 310 g/mol. The Morgan fingerprint density at radius 1 is 1.17 bits per heavy atom. The van der Waals surface area contributed by atoms with Gasteiger partial charge in [0.25, 0.3) is 5.91 Å². The standard InChI is InChI=1S/C18H22N4O/c1-20-16(6-9-19-20)13-21-10-7-15(8-11-21)22-12-14-4-2-3-5-17(14)18(22)23/h2-6,9,15H,7-8,10-13H2,1H3. The van der Waals surface area contributed by atoms with E-state index in [1.165, 1.54) is 11.3 Å². The molecule has 1 saturated heterocycles. The molecule has 120 valence electrons. The number of aryl methyl sites for hydroxylation is 1. The van der Waals surface area contributed by atoms with Crippen molar-refractivity contribution < 1.29 is 4.79 Å². The minimum atomic E-state index is 0.214. The number of likely N-dealkylation sites (tertiary alicyclic amines) is 1. The number of hydrogen-bond donors (Lipinski definition) is 0. The topological polar surface area (TPSA) is 41.4 Å². The summed E-state index contributed by atoms with van der Waals surface area (Å²) < 4.78 is 1.94. The fraction of sp³-hybridized carbons (Fsp3) is 0.444. The van der Waals surface area contributed by atoms with Crippen LogP contribution >= 0.6 is 0 Å². The summed E-state index contributed by atoms with van der Waals surface area (Å²) in [4.78, 5) is 17.1. The highest BCUT2D eigenvalue weighted by atomic mass is 16.2. The lowest BCUT2D eigenvalue weighted by Gasteiger charge is -2.36. The highest BCUT2D eigenvalue weighted by molar-refractivity contribution is 5.98. The number of hydrogen-bond acceptors (Lipinski definition) is 3. The van der Waals surface area contributed by atoms with Crippen LogP contribution in [-0.4, -0.2) is 44.6 Å². The molecule has 0 aliphatic carbocycles. The first-order valence-electron chi connectivity index (χ1n) is 8.30. The molecule has 4 rings (SSSR count). The largest absolute Gasteiger partial charge is 0.331 e. The van der Waals surface area contributed by atoms with Gasteiger partial charge in [0.1, 0.15) is 0 Å². The van der Waals surface area contributed by atoms with Gasteiger partial charge < -0.3 is 4.90 Å². The van der Waals surface area contributed by atoms with Crippen molar-refractivity contribution in [2.45, 2.75) is 32.0 Å². The average Bonchev–Trinajstić information content (AvgIpc) is 3.13. The van der Waals surface area contributed by atoms with Gasteiger partial charge in [-0.3, -0.25) is 14.4 Å². The number of benzene rings is 1. The Hall–Kier alpha value is -2.14. The Labute approximate surface area is 136 Å². The van der Waals surface area contributed by atoms with Crippen molar-refractivity contribution in [2.24, 2.45) is 7.05 Å². The summed E-state index contributed by atoms with van der Waals surface area (Å²) >= 11 is 0. The summed E-state index contributed by atoms with van der Waals surface area (Å²) in [7, 11) is 1.99. The summed E-state index contributed by atoms with van der Waals surface area (Å²) in [5.41, 5.74) is 3.31. The van der Waals surface area contributed by atoms with Crippen LogP contribution in [0.1, 0.15) is 34.5 Å². The maximum atomic E-state index is 12.6. The predicted molar refractivity (Wildman–Crippen MR) is 87.8 cm³/mol. The molecular weight excluding hydrogens is 288 g/mol. The van der Waals surface area contributed by atoms with Gasteiger partial charge >= 0.3 is 0 Å². The number of fused-ring (bicyclic) bond motifs is 1. The van der Waals surface area contributed by atoms with Crippen molar-refractivity contribution in [3.8, 4) is 0 Å². The maximum absolute atomic E-state index is 12.6. The minimum Gasteiger partial charge on any atom is -0.331 e. The summed E-state index contributed by atoms with van der Waals surface area (Å²) in [5.74, 6) is 0.214. The molecule has 0 bridgehead atoms. The van der Waals surface area contributed by atoms with Gasteiger partial charge in [-0.15, -0.1) is 0 Å². The molecule has 0 saturated carbocycles. The van der Waals surface area contributed by atoms with Gasteiger partial charge in [-0.05, 0) is 30.5 Å². The molecule has 3 heterocycles. The predicted octanol–water partition coefficient (Wildman–Crippen LogP) is 2.04. The van der Waals surface area contributed by atoms with Crippen LogP contribution in [-0.2, 0) is 20.1 Å². The lowest BCUT2D eigenvalue weighted by molar-refractivity contribution is 0.0588. The average molecular weight is 310 g/mol. The molecule has 23 heavy (non-hydrogen) atoms. The Bertz CT molecular complexity index is 715. The Balaban J connectivity index is 1.37. The molecule has 0 spiro atoms. The Morgan fingerprint density at radius 3 is 2.65 bits per heavy atom. The van der Waals surface area contributed by atoms with Crippen LogP contribution in [0.4, 0.5) is 0 Å². The first-order chi connectivity index (χ1) is 11.2. The Kier molecular flexibility index (Phi) is 3.65. The number of nitrogens with zero attached hydrogens (tertiary/aromatic N) is 4. The van der Waals surface area contributed by atoms with E-state index in [4.69, 9.17) is 0 Å². The molecule has 0 unspecified atom stereocenters. The van der Waals surface area contributed by atoms with Gasteiger partial charge in [0.05, 0.1) is 5.69 Å². The second kappa shape index (κ2) is 5.81. The van der Waals surface area contributed by atoms with Gasteiger partial charge in [-0.2, -0.15) is 5.10 Å². The summed E-state index contributed by atoms with van der Waals surface area (Å²) in [6.45, 7) is 3.80. The molecule has 0 radical (unpaired) electrons. The van der Waals surface area contributed by atoms with Gasteiger partial charge in [0.2, 0.25) is 0 Å². The van der Waals surface area contributed by atoms with Gasteiger partial charge in [-0.25, -0.2) is 0 Å². The van der Waals surface area contributed by atoms with Crippen molar-refractivity contribution in [2.75, 3.05) is 13.1 Å². The second-order valence-electron chi connectivity index (χ2n) is 6.54. The van der Waals surface area contributed by atoms with Crippen LogP contribution in [0.2, 0.25) is 0 Å². The minimum absolute atomic E-state index is 0.214. The van der Waals surface area contributed by atoms with Gasteiger partial charge in [-0.1, -0.05) is 18.2 Å². The smallest absolute Gasteiger partial charge is 0.254 e. The van der Waals surface area contributed by atoms with Crippen molar-refractivity contribution in [3.63, 3.8) is 0 Å². The molecular formula is C18H22N4O. The lowest BCUT2D eigenvalue weighted by Crippen LogP contribution is -2.44. The zero-order valence-corrected chi connectivity index (χ0v) is 13.5. The van der Waals surface area contributed by atoms with Crippen LogP contribution in [0.15, 0.2) is 36.5 Å². The summed E-state index contributed by atoms with van der Waals surface area (Å²) in [5, 5.41) is 4.23. The van der Waals surface area contributed by atoms with E-state index >= 15 is 0 Å².